The van der Waals surface area contributed by atoms with Crippen molar-refractivity contribution in [2.45, 2.75) is 51.0 Å². The van der Waals surface area contributed by atoms with E-state index < -0.39 is 16.3 Å². The number of rotatable bonds is 7. The summed E-state index contributed by atoms with van der Waals surface area (Å²) < 4.78 is 22.2. The van der Waals surface area contributed by atoms with Crippen molar-refractivity contribution in [1.82, 2.24) is 9.78 Å². The Labute approximate surface area is 216 Å². The van der Waals surface area contributed by atoms with Crippen LogP contribution in [-0.2, 0) is 17.7 Å². The van der Waals surface area contributed by atoms with Gasteiger partial charge in [-0.05, 0) is 44.7 Å². The SMILES string of the molecule is CC1(CCOc2cc(-n3nc4c(c3Cl)CCCC4)c(F)cc2Cl)CC(c2ccccc2[N+](=O)[O-])=NO1. The molecule has 0 amide bonds. The van der Waals surface area contributed by atoms with Gasteiger partial charge in [-0.25, -0.2) is 9.07 Å². The molecule has 1 aliphatic heterocycles. The highest BCUT2D eigenvalue weighted by Gasteiger charge is 2.37. The molecule has 0 saturated carbocycles. The van der Waals surface area contributed by atoms with Gasteiger partial charge < -0.3 is 9.57 Å². The van der Waals surface area contributed by atoms with Gasteiger partial charge in [0.05, 0.1) is 33.5 Å². The lowest BCUT2D eigenvalue weighted by atomic mass is 9.93. The molecular weight excluding hydrogens is 510 g/mol. The Balaban J connectivity index is 1.29. The number of aromatic nitrogens is 2. The van der Waals surface area contributed by atoms with Gasteiger partial charge in [0, 0.05) is 30.5 Å². The minimum absolute atomic E-state index is 0.0232. The number of ether oxygens (including phenoxy) is 1. The first-order valence-electron chi connectivity index (χ1n) is 11.6. The number of oxime groups is 1. The van der Waals surface area contributed by atoms with E-state index in [2.05, 4.69) is 10.3 Å². The maximum atomic E-state index is 14.8. The van der Waals surface area contributed by atoms with Crippen molar-refractivity contribution in [3.63, 3.8) is 0 Å². The largest absolute Gasteiger partial charge is 0.492 e. The molecule has 8 nitrogen and oxygen atoms in total. The highest BCUT2D eigenvalue weighted by Crippen LogP contribution is 2.36. The predicted octanol–water partition coefficient (Wildman–Crippen LogP) is 6.46. The summed E-state index contributed by atoms with van der Waals surface area (Å²) in [5.74, 6) is -0.262. The zero-order valence-corrected chi connectivity index (χ0v) is 21.0. The van der Waals surface area contributed by atoms with Crippen molar-refractivity contribution in [2.24, 2.45) is 5.16 Å². The van der Waals surface area contributed by atoms with Crippen molar-refractivity contribution in [2.75, 3.05) is 6.61 Å². The first-order valence-corrected chi connectivity index (χ1v) is 12.4. The van der Waals surface area contributed by atoms with Crippen molar-refractivity contribution < 1.29 is 18.9 Å². The summed E-state index contributed by atoms with van der Waals surface area (Å²) in [6.45, 7) is 2.05. The lowest BCUT2D eigenvalue weighted by Crippen LogP contribution is -2.27. The summed E-state index contributed by atoms with van der Waals surface area (Å²) in [5, 5.41) is 20.5. The fourth-order valence-electron chi connectivity index (χ4n) is 4.58. The molecule has 0 bridgehead atoms. The second-order valence-corrected chi connectivity index (χ2v) is 9.96. The summed E-state index contributed by atoms with van der Waals surface area (Å²) in [6, 6.07) is 9.10. The number of fused-ring (bicyclic) bond motifs is 1. The van der Waals surface area contributed by atoms with Gasteiger partial charge in [0.2, 0.25) is 0 Å². The number of aryl methyl sites for hydroxylation is 1. The fourth-order valence-corrected chi connectivity index (χ4v) is 5.12. The summed E-state index contributed by atoms with van der Waals surface area (Å²) >= 11 is 12.8. The van der Waals surface area contributed by atoms with Gasteiger partial charge in [-0.1, -0.05) is 40.5 Å². The van der Waals surface area contributed by atoms with Crippen LogP contribution < -0.4 is 4.74 Å². The molecule has 1 aliphatic carbocycles. The van der Waals surface area contributed by atoms with Crippen LogP contribution in [0.5, 0.6) is 5.75 Å². The summed E-state index contributed by atoms with van der Waals surface area (Å²) in [4.78, 5) is 16.6. The Bertz CT molecular complexity index is 1380. The van der Waals surface area contributed by atoms with Crippen molar-refractivity contribution in [3.8, 4) is 11.4 Å². The van der Waals surface area contributed by atoms with Crippen LogP contribution in [0, 0.1) is 15.9 Å². The molecule has 2 aromatic carbocycles. The molecule has 0 fully saturated rings. The number of halogens is 3. The Morgan fingerprint density at radius 1 is 1.25 bits per heavy atom. The molecule has 0 N–H and O–H groups in total. The van der Waals surface area contributed by atoms with Crippen LogP contribution in [0.25, 0.3) is 5.69 Å². The van der Waals surface area contributed by atoms with Gasteiger partial charge in [0.15, 0.2) is 5.82 Å². The van der Waals surface area contributed by atoms with E-state index in [1.165, 1.54) is 22.9 Å². The molecule has 5 rings (SSSR count). The molecule has 2 heterocycles. The molecule has 0 saturated heterocycles. The summed E-state index contributed by atoms with van der Waals surface area (Å²) in [5.41, 5.74) is 2.20. The van der Waals surface area contributed by atoms with Crippen molar-refractivity contribution in [1.29, 1.82) is 0 Å². The van der Waals surface area contributed by atoms with Gasteiger partial charge in [0.25, 0.3) is 5.69 Å². The molecular formula is C25H23Cl2FN4O4. The third kappa shape index (κ3) is 4.65. The number of benzene rings is 2. The average Bonchev–Trinajstić information content (AvgIpc) is 3.41. The van der Waals surface area contributed by atoms with Gasteiger partial charge in [-0.2, -0.15) is 5.10 Å². The predicted molar refractivity (Wildman–Crippen MR) is 134 cm³/mol. The monoisotopic (exact) mass is 532 g/mol. The van der Waals surface area contributed by atoms with Gasteiger partial charge in [-0.15, -0.1) is 0 Å². The zero-order valence-electron chi connectivity index (χ0n) is 19.5. The number of nitrogens with zero attached hydrogens (tertiary/aromatic N) is 4. The molecule has 1 atom stereocenters. The van der Waals surface area contributed by atoms with Crippen molar-refractivity contribution in [3.05, 3.63) is 79.3 Å². The van der Waals surface area contributed by atoms with E-state index in [1.54, 1.807) is 18.2 Å². The molecule has 0 radical (unpaired) electrons. The molecule has 188 valence electrons. The van der Waals surface area contributed by atoms with Gasteiger partial charge in [0.1, 0.15) is 22.2 Å². The third-order valence-corrected chi connectivity index (χ3v) is 7.23. The molecule has 2 aliphatic rings. The van der Waals surface area contributed by atoms with E-state index in [9.17, 15) is 14.5 Å². The van der Waals surface area contributed by atoms with Crippen LogP contribution in [0.1, 0.15) is 49.4 Å². The van der Waals surface area contributed by atoms with E-state index in [0.29, 0.717) is 35.0 Å². The highest BCUT2D eigenvalue weighted by molar-refractivity contribution is 6.32. The third-order valence-electron chi connectivity index (χ3n) is 6.54. The van der Waals surface area contributed by atoms with E-state index in [4.69, 9.17) is 32.8 Å². The standard InChI is InChI=1S/C25H23Cl2FN4O4/c1-25(14-20(30-36-25)15-6-3-5-9-21(15)32(33)34)10-11-35-23-13-22(18(28)12-17(23)26)31-24(27)16-7-2-4-8-19(16)29-31/h3,5-6,9,12-13H,2,4,7-8,10-11,14H2,1H3. The quantitative estimate of drug-likeness (QED) is 0.257. The Kier molecular flexibility index (Phi) is 6.61. The molecule has 0 spiro atoms. The summed E-state index contributed by atoms with van der Waals surface area (Å²) in [6.07, 6.45) is 4.48. The second-order valence-electron chi connectivity index (χ2n) is 9.20. The maximum Gasteiger partial charge on any atom is 0.278 e. The second kappa shape index (κ2) is 9.71. The average molecular weight is 533 g/mol. The zero-order chi connectivity index (χ0) is 25.4. The molecule has 11 heteroatoms. The molecule has 1 unspecified atom stereocenters. The smallest absolute Gasteiger partial charge is 0.278 e. The number of nitro groups is 1. The fraction of sp³-hybridized carbons (Fsp3) is 0.360. The van der Waals surface area contributed by atoms with Crippen LogP contribution in [0.2, 0.25) is 10.2 Å². The van der Waals surface area contributed by atoms with Crippen molar-refractivity contribution >= 4 is 34.6 Å². The minimum atomic E-state index is -0.723. The lowest BCUT2D eigenvalue weighted by Gasteiger charge is -2.21. The normalized spacial score (nSPS) is 18.9. The lowest BCUT2D eigenvalue weighted by molar-refractivity contribution is -0.385. The van der Waals surface area contributed by atoms with Crippen LogP contribution in [-0.4, -0.2) is 32.6 Å². The Morgan fingerprint density at radius 2 is 2.03 bits per heavy atom. The Morgan fingerprint density at radius 3 is 2.81 bits per heavy atom. The topological polar surface area (TPSA) is 91.8 Å². The van der Waals surface area contributed by atoms with Gasteiger partial charge in [-0.3, -0.25) is 10.1 Å². The first kappa shape index (κ1) is 24.5. The highest BCUT2D eigenvalue weighted by atomic mass is 35.5. The van der Waals surface area contributed by atoms with Gasteiger partial charge >= 0.3 is 0 Å². The van der Waals surface area contributed by atoms with Crippen LogP contribution in [0.4, 0.5) is 10.1 Å². The molecule has 1 aromatic heterocycles. The molecule has 36 heavy (non-hydrogen) atoms. The van der Waals surface area contributed by atoms with Crippen LogP contribution in [0.3, 0.4) is 0 Å². The Hall–Kier alpha value is -3.17. The maximum absolute atomic E-state index is 14.8. The number of hydrogen-bond acceptors (Lipinski definition) is 6. The van der Waals surface area contributed by atoms with E-state index >= 15 is 0 Å². The van der Waals surface area contributed by atoms with Crippen LogP contribution >= 0.6 is 23.2 Å². The number of para-hydroxylation sites is 1. The van der Waals surface area contributed by atoms with E-state index in [1.807, 2.05) is 6.92 Å². The number of nitro benzene ring substituents is 1. The number of hydrogen-bond donors (Lipinski definition) is 0. The van der Waals surface area contributed by atoms with E-state index in [0.717, 1.165) is 36.9 Å². The minimum Gasteiger partial charge on any atom is -0.492 e. The summed E-state index contributed by atoms with van der Waals surface area (Å²) in [7, 11) is 0. The molecule has 3 aromatic rings. The first-order chi connectivity index (χ1) is 17.3. The van der Waals surface area contributed by atoms with Crippen LogP contribution in [0.15, 0.2) is 41.6 Å². The van der Waals surface area contributed by atoms with E-state index in [-0.39, 0.29) is 23.0 Å².